The predicted molar refractivity (Wildman–Crippen MR) is 60.5 cm³/mol. The molecule has 0 bridgehead atoms. The molecule has 0 saturated carbocycles. The number of carbonyl (C=O) groups excluding carboxylic acids is 1. The van der Waals surface area contributed by atoms with E-state index in [1.54, 1.807) is 6.07 Å². The molecule has 0 aliphatic carbocycles. The molecular weight excluding hydrogens is 226 g/mol. The summed E-state index contributed by atoms with van der Waals surface area (Å²) in [4.78, 5) is 21.0. The van der Waals surface area contributed by atoms with Crippen LogP contribution in [-0.2, 0) is 4.79 Å². The highest BCUT2D eigenvalue weighted by molar-refractivity contribution is 5.87. The summed E-state index contributed by atoms with van der Waals surface area (Å²) >= 11 is 0. The van der Waals surface area contributed by atoms with E-state index in [1.165, 1.54) is 25.1 Å². The average Bonchev–Trinajstić information content (AvgIpc) is 2.29. The summed E-state index contributed by atoms with van der Waals surface area (Å²) in [5.41, 5.74) is 2.21. The summed E-state index contributed by atoms with van der Waals surface area (Å²) in [5, 5.41) is 23.0. The van der Waals surface area contributed by atoms with E-state index in [1.807, 2.05) is 0 Å². The lowest BCUT2D eigenvalue weighted by Crippen LogP contribution is -2.28. The number of hydrogen-bond acceptors (Lipinski definition) is 5. The van der Waals surface area contributed by atoms with E-state index < -0.39 is 16.9 Å². The van der Waals surface area contributed by atoms with Crippen molar-refractivity contribution in [1.29, 1.82) is 0 Å². The van der Waals surface area contributed by atoms with E-state index in [-0.39, 0.29) is 11.3 Å². The number of rotatable bonds is 4. The van der Waals surface area contributed by atoms with Crippen LogP contribution < -0.4 is 5.43 Å². The Morgan fingerprint density at radius 3 is 2.82 bits per heavy atom. The molecule has 0 heterocycles. The Bertz CT molecular complexity index is 457. The molecule has 0 spiro atoms. The summed E-state index contributed by atoms with van der Waals surface area (Å²) in [6.45, 7) is 1.29. The highest BCUT2D eigenvalue weighted by atomic mass is 16.6. The Labute approximate surface area is 96.9 Å². The van der Waals surface area contributed by atoms with Gasteiger partial charge in [0.15, 0.2) is 0 Å². The molecule has 0 aromatic heterocycles. The van der Waals surface area contributed by atoms with Gasteiger partial charge in [-0.25, -0.2) is 5.43 Å². The standard InChI is InChI=1S/C10H11N3O4/c1-7(14)10(15)12-11-6-8-4-2-3-5-9(8)13(16)17/h2-7,14H,1H3,(H,12,15)/b11-6-/t7-/m0/s1. The van der Waals surface area contributed by atoms with Crippen LogP contribution in [0.3, 0.4) is 0 Å². The van der Waals surface area contributed by atoms with Gasteiger partial charge in [-0.3, -0.25) is 14.9 Å². The minimum atomic E-state index is -1.18. The van der Waals surface area contributed by atoms with Crippen molar-refractivity contribution in [2.24, 2.45) is 5.10 Å². The van der Waals surface area contributed by atoms with Gasteiger partial charge >= 0.3 is 0 Å². The van der Waals surface area contributed by atoms with E-state index >= 15 is 0 Å². The SMILES string of the molecule is C[C@H](O)C(=O)N/N=C\c1ccccc1[N+](=O)[O-]. The fraction of sp³-hybridized carbons (Fsp3) is 0.200. The van der Waals surface area contributed by atoms with Crippen molar-refractivity contribution in [3.8, 4) is 0 Å². The zero-order chi connectivity index (χ0) is 12.8. The molecule has 0 fully saturated rings. The van der Waals surface area contributed by atoms with E-state index in [0.717, 1.165) is 6.21 Å². The smallest absolute Gasteiger partial charge is 0.278 e. The van der Waals surface area contributed by atoms with Crippen molar-refractivity contribution in [1.82, 2.24) is 5.43 Å². The van der Waals surface area contributed by atoms with E-state index in [2.05, 4.69) is 10.5 Å². The first-order valence-corrected chi connectivity index (χ1v) is 4.76. The minimum Gasteiger partial charge on any atom is -0.383 e. The van der Waals surface area contributed by atoms with Crippen molar-refractivity contribution in [3.05, 3.63) is 39.9 Å². The molecule has 17 heavy (non-hydrogen) atoms. The molecule has 0 aliphatic heterocycles. The first-order chi connectivity index (χ1) is 8.02. The van der Waals surface area contributed by atoms with E-state index in [9.17, 15) is 14.9 Å². The number of nitro benzene ring substituents is 1. The van der Waals surface area contributed by atoms with Crippen molar-refractivity contribution >= 4 is 17.8 Å². The molecule has 7 heteroatoms. The Kier molecular flexibility index (Phi) is 4.29. The number of amides is 1. The number of hydrogen-bond donors (Lipinski definition) is 2. The normalized spacial score (nSPS) is 12.4. The number of benzene rings is 1. The second-order valence-electron chi connectivity index (χ2n) is 3.23. The maximum atomic E-state index is 10.9. The van der Waals surface area contributed by atoms with Gasteiger partial charge in [0.25, 0.3) is 11.6 Å². The fourth-order valence-electron chi connectivity index (χ4n) is 1.02. The third-order valence-corrected chi connectivity index (χ3v) is 1.89. The van der Waals surface area contributed by atoms with Crippen LogP contribution in [-0.4, -0.2) is 28.3 Å². The Hall–Kier alpha value is -2.28. The molecule has 0 radical (unpaired) electrons. The summed E-state index contributed by atoms with van der Waals surface area (Å²) < 4.78 is 0. The number of nitro groups is 1. The van der Waals surface area contributed by atoms with Crippen LogP contribution in [0.15, 0.2) is 29.4 Å². The van der Waals surface area contributed by atoms with Gasteiger partial charge in [0.2, 0.25) is 0 Å². The van der Waals surface area contributed by atoms with Gasteiger partial charge in [0.1, 0.15) is 6.10 Å². The van der Waals surface area contributed by atoms with Crippen LogP contribution in [0.4, 0.5) is 5.69 Å². The highest BCUT2D eigenvalue weighted by Gasteiger charge is 2.10. The molecule has 1 rings (SSSR count). The van der Waals surface area contributed by atoms with Crippen LogP contribution in [0.5, 0.6) is 0 Å². The lowest BCUT2D eigenvalue weighted by Gasteiger charge is -2.00. The number of hydrazone groups is 1. The summed E-state index contributed by atoms with van der Waals surface area (Å²) in [5.74, 6) is -0.681. The monoisotopic (exact) mass is 237 g/mol. The fourth-order valence-corrected chi connectivity index (χ4v) is 1.02. The van der Waals surface area contributed by atoms with Crippen molar-refractivity contribution in [2.45, 2.75) is 13.0 Å². The second kappa shape index (κ2) is 5.71. The van der Waals surface area contributed by atoms with Gasteiger partial charge in [-0.15, -0.1) is 0 Å². The quantitative estimate of drug-likeness (QED) is 0.450. The zero-order valence-corrected chi connectivity index (χ0v) is 9.03. The Morgan fingerprint density at radius 1 is 1.59 bits per heavy atom. The van der Waals surface area contributed by atoms with Gasteiger partial charge in [0.05, 0.1) is 16.7 Å². The molecule has 2 N–H and O–H groups in total. The Morgan fingerprint density at radius 2 is 2.24 bits per heavy atom. The molecule has 0 unspecified atom stereocenters. The van der Waals surface area contributed by atoms with Gasteiger partial charge < -0.3 is 5.11 Å². The molecule has 0 saturated heterocycles. The molecular formula is C10H11N3O4. The minimum absolute atomic E-state index is 0.109. The van der Waals surface area contributed by atoms with Gasteiger partial charge in [-0.1, -0.05) is 12.1 Å². The Balaban J connectivity index is 2.78. The topological polar surface area (TPSA) is 105 Å². The van der Waals surface area contributed by atoms with Crippen LogP contribution in [0.1, 0.15) is 12.5 Å². The van der Waals surface area contributed by atoms with Crippen LogP contribution in [0.2, 0.25) is 0 Å². The number of carbonyl (C=O) groups is 1. The molecule has 1 atom stereocenters. The highest BCUT2D eigenvalue weighted by Crippen LogP contribution is 2.14. The summed E-state index contributed by atoms with van der Waals surface area (Å²) in [7, 11) is 0. The van der Waals surface area contributed by atoms with Crippen LogP contribution >= 0.6 is 0 Å². The third kappa shape index (κ3) is 3.65. The maximum absolute atomic E-state index is 10.9. The summed E-state index contributed by atoms with van der Waals surface area (Å²) in [6.07, 6.45) is -0.0313. The number of para-hydroxylation sites is 1. The third-order valence-electron chi connectivity index (χ3n) is 1.89. The lowest BCUT2D eigenvalue weighted by molar-refractivity contribution is -0.385. The van der Waals surface area contributed by atoms with Gasteiger partial charge in [0, 0.05) is 6.07 Å². The molecule has 1 aromatic carbocycles. The average molecular weight is 237 g/mol. The molecule has 7 nitrogen and oxygen atoms in total. The molecule has 1 amide bonds. The van der Waals surface area contributed by atoms with Crippen LogP contribution in [0.25, 0.3) is 0 Å². The van der Waals surface area contributed by atoms with Gasteiger partial charge in [-0.05, 0) is 13.0 Å². The molecule has 1 aromatic rings. The van der Waals surface area contributed by atoms with Crippen LogP contribution in [0, 0.1) is 10.1 Å². The zero-order valence-electron chi connectivity index (χ0n) is 9.03. The predicted octanol–water partition coefficient (Wildman–Crippen LogP) is 0.426. The number of aliphatic hydroxyl groups is 1. The molecule has 0 aliphatic rings. The lowest BCUT2D eigenvalue weighted by atomic mass is 10.2. The van der Waals surface area contributed by atoms with Gasteiger partial charge in [-0.2, -0.15) is 5.10 Å². The van der Waals surface area contributed by atoms with Crippen molar-refractivity contribution < 1.29 is 14.8 Å². The van der Waals surface area contributed by atoms with E-state index in [4.69, 9.17) is 5.11 Å². The number of nitrogens with zero attached hydrogens (tertiary/aromatic N) is 2. The largest absolute Gasteiger partial charge is 0.383 e. The van der Waals surface area contributed by atoms with Crippen molar-refractivity contribution in [3.63, 3.8) is 0 Å². The van der Waals surface area contributed by atoms with Crippen molar-refractivity contribution in [2.75, 3.05) is 0 Å². The molecule has 90 valence electrons. The summed E-state index contributed by atoms with van der Waals surface area (Å²) in [6, 6.07) is 5.97. The first-order valence-electron chi connectivity index (χ1n) is 4.76. The maximum Gasteiger partial charge on any atom is 0.278 e. The number of nitrogens with one attached hydrogen (secondary N) is 1. The van der Waals surface area contributed by atoms with E-state index in [0.29, 0.717) is 0 Å². The first kappa shape index (κ1) is 12.8. The number of aliphatic hydroxyl groups excluding tert-OH is 1. The second-order valence-corrected chi connectivity index (χ2v) is 3.23.